The van der Waals surface area contributed by atoms with Gasteiger partial charge in [0.05, 0.1) is 19.2 Å². The van der Waals surface area contributed by atoms with Crippen LogP contribution in [0.5, 0.6) is 11.5 Å². The lowest BCUT2D eigenvalue weighted by molar-refractivity contribution is -0.131. The summed E-state index contributed by atoms with van der Waals surface area (Å²) in [6, 6.07) is 3.57. The average molecular weight is 313 g/mol. The number of nitrogens with one attached hydrogen (secondary N) is 1. The van der Waals surface area contributed by atoms with Crippen LogP contribution in [0.15, 0.2) is 12.1 Å². The molecule has 5 nitrogen and oxygen atoms in total. The third-order valence-electron chi connectivity index (χ3n) is 3.63. The molecule has 1 aromatic carbocycles. The first-order valence-electron chi connectivity index (χ1n) is 7.04. The second-order valence-electron chi connectivity index (χ2n) is 4.93. The second-order valence-corrected chi connectivity index (χ2v) is 5.34. The SMILES string of the molecule is COc1cc(CCC(=O)N2CCNCC2)c(OC)cc1Cl. The molecule has 0 bridgehead atoms. The predicted octanol–water partition coefficient (Wildman–Crippen LogP) is 1.72. The van der Waals surface area contributed by atoms with Crippen LogP contribution in [0.4, 0.5) is 0 Å². The van der Waals surface area contributed by atoms with Gasteiger partial charge in [-0.1, -0.05) is 11.6 Å². The van der Waals surface area contributed by atoms with Gasteiger partial charge in [-0.2, -0.15) is 0 Å². The van der Waals surface area contributed by atoms with E-state index in [4.69, 9.17) is 21.1 Å². The van der Waals surface area contributed by atoms with E-state index in [1.54, 1.807) is 20.3 Å². The number of carbonyl (C=O) groups is 1. The number of ether oxygens (including phenoxy) is 2. The van der Waals surface area contributed by atoms with Crippen molar-refractivity contribution in [3.8, 4) is 11.5 Å². The number of aryl methyl sites for hydroxylation is 1. The Hall–Kier alpha value is -1.46. The number of methoxy groups -OCH3 is 2. The molecule has 1 aromatic rings. The van der Waals surface area contributed by atoms with Crippen LogP contribution in [0.3, 0.4) is 0 Å². The van der Waals surface area contributed by atoms with Crippen molar-refractivity contribution in [2.75, 3.05) is 40.4 Å². The van der Waals surface area contributed by atoms with Gasteiger partial charge in [-0.15, -0.1) is 0 Å². The summed E-state index contributed by atoms with van der Waals surface area (Å²) in [5.74, 6) is 1.46. The minimum atomic E-state index is 0.174. The van der Waals surface area contributed by atoms with Crippen LogP contribution in [0, 0.1) is 0 Å². The van der Waals surface area contributed by atoms with Gasteiger partial charge in [0.2, 0.25) is 5.91 Å². The van der Waals surface area contributed by atoms with Crippen molar-refractivity contribution in [3.05, 3.63) is 22.7 Å². The van der Waals surface area contributed by atoms with Crippen molar-refractivity contribution >= 4 is 17.5 Å². The highest BCUT2D eigenvalue weighted by molar-refractivity contribution is 6.32. The molecule has 1 amide bonds. The fourth-order valence-corrected chi connectivity index (χ4v) is 2.66. The van der Waals surface area contributed by atoms with Gasteiger partial charge in [-0.05, 0) is 18.1 Å². The molecule has 1 fully saturated rings. The lowest BCUT2D eigenvalue weighted by Gasteiger charge is -2.27. The van der Waals surface area contributed by atoms with Gasteiger partial charge >= 0.3 is 0 Å². The highest BCUT2D eigenvalue weighted by atomic mass is 35.5. The molecular formula is C15H21ClN2O3. The quantitative estimate of drug-likeness (QED) is 0.899. The molecule has 21 heavy (non-hydrogen) atoms. The lowest BCUT2D eigenvalue weighted by atomic mass is 10.1. The Labute approximate surface area is 130 Å². The molecule has 0 saturated carbocycles. The maximum atomic E-state index is 12.2. The summed E-state index contributed by atoms with van der Waals surface area (Å²) in [4.78, 5) is 14.1. The van der Waals surface area contributed by atoms with E-state index in [2.05, 4.69) is 5.32 Å². The van der Waals surface area contributed by atoms with Gasteiger partial charge in [0.1, 0.15) is 11.5 Å². The molecule has 1 saturated heterocycles. The first kappa shape index (κ1) is 15.9. The van der Waals surface area contributed by atoms with E-state index in [1.165, 1.54) is 0 Å². The van der Waals surface area contributed by atoms with Crippen molar-refractivity contribution < 1.29 is 14.3 Å². The van der Waals surface area contributed by atoms with Crippen molar-refractivity contribution in [2.45, 2.75) is 12.8 Å². The van der Waals surface area contributed by atoms with E-state index >= 15 is 0 Å². The van der Waals surface area contributed by atoms with Crippen molar-refractivity contribution in [1.82, 2.24) is 10.2 Å². The van der Waals surface area contributed by atoms with E-state index in [9.17, 15) is 4.79 Å². The minimum absolute atomic E-state index is 0.174. The lowest BCUT2D eigenvalue weighted by Crippen LogP contribution is -2.46. The summed E-state index contributed by atoms with van der Waals surface area (Å²) >= 11 is 6.08. The van der Waals surface area contributed by atoms with E-state index in [0.717, 1.165) is 31.7 Å². The Morgan fingerprint density at radius 3 is 2.52 bits per heavy atom. The van der Waals surface area contributed by atoms with Crippen LogP contribution in [0.1, 0.15) is 12.0 Å². The number of rotatable bonds is 5. The molecule has 1 heterocycles. The molecule has 0 atom stereocenters. The average Bonchev–Trinajstić information content (AvgIpc) is 2.53. The Kier molecular flexibility index (Phi) is 5.70. The zero-order chi connectivity index (χ0) is 15.2. The normalized spacial score (nSPS) is 14.9. The number of halogens is 1. The highest BCUT2D eigenvalue weighted by Gasteiger charge is 2.17. The fraction of sp³-hybridized carbons (Fsp3) is 0.533. The monoisotopic (exact) mass is 312 g/mol. The van der Waals surface area contributed by atoms with Gasteiger partial charge < -0.3 is 19.7 Å². The minimum Gasteiger partial charge on any atom is -0.496 e. The molecule has 116 valence electrons. The summed E-state index contributed by atoms with van der Waals surface area (Å²) in [7, 11) is 3.17. The van der Waals surface area contributed by atoms with Gasteiger partial charge in [0.15, 0.2) is 0 Å². The van der Waals surface area contributed by atoms with Crippen molar-refractivity contribution in [2.24, 2.45) is 0 Å². The number of piperazine rings is 1. The highest BCUT2D eigenvalue weighted by Crippen LogP contribution is 2.33. The van der Waals surface area contributed by atoms with Crippen LogP contribution in [-0.2, 0) is 11.2 Å². The smallest absolute Gasteiger partial charge is 0.222 e. The molecule has 2 rings (SSSR count). The number of carbonyl (C=O) groups excluding carboxylic acids is 1. The topological polar surface area (TPSA) is 50.8 Å². The summed E-state index contributed by atoms with van der Waals surface area (Å²) in [5.41, 5.74) is 0.933. The largest absolute Gasteiger partial charge is 0.496 e. The number of nitrogens with zero attached hydrogens (tertiary/aromatic N) is 1. The third kappa shape index (κ3) is 4.02. The van der Waals surface area contributed by atoms with E-state index in [-0.39, 0.29) is 5.91 Å². The maximum absolute atomic E-state index is 12.2. The first-order chi connectivity index (χ1) is 10.2. The number of amides is 1. The van der Waals surface area contributed by atoms with E-state index in [0.29, 0.717) is 29.4 Å². The molecule has 0 unspecified atom stereocenters. The molecule has 1 aliphatic rings. The predicted molar refractivity (Wildman–Crippen MR) is 82.3 cm³/mol. The molecule has 1 N–H and O–H groups in total. The van der Waals surface area contributed by atoms with Crippen LogP contribution in [0.2, 0.25) is 5.02 Å². The van der Waals surface area contributed by atoms with E-state index in [1.807, 2.05) is 11.0 Å². The Balaban J connectivity index is 2.03. The van der Waals surface area contributed by atoms with Gasteiger partial charge in [-0.3, -0.25) is 4.79 Å². The van der Waals surface area contributed by atoms with Crippen molar-refractivity contribution in [3.63, 3.8) is 0 Å². The van der Waals surface area contributed by atoms with Gasteiger partial charge in [0, 0.05) is 38.7 Å². The van der Waals surface area contributed by atoms with Crippen LogP contribution in [0.25, 0.3) is 0 Å². The molecule has 1 aliphatic heterocycles. The first-order valence-corrected chi connectivity index (χ1v) is 7.42. The maximum Gasteiger partial charge on any atom is 0.222 e. The zero-order valence-electron chi connectivity index (χ0n) is 12.4. The summed E-state index contributed by atoms with van der Waals surface area (Å²) in [6.45, 7) is 3.29. The Morgan fingerprint density at radius 1 is 1.24 bits per heavy atom. The number of benzene rings is 1. The standard InChI is InChI=1S/C15H21ClN2O3/c1-20-13-10-12(16)14(21-2)9-11(13)3-4-15(19)18-7-5-17-6-8-18/h9-10,17H,3-8H2,1-2H3. The summed E-state index contributed by atoms with van der Waals surface area (Å²) in [5, 5.41) is 3.74. The summed E-state index contributed by atoms with van der Waals surface area (Å²) in [6.07, 6.45) is 1.07. The number of hydrogen-bond acceptors (Lipinski definition) is 4. The van der Waals surface area contributed by atoms with Crippen LogP contribution in [-0.4, -0.2) is 51.2 Å². The molecule has 0 aliphatic carbocycles. The zero-order valence-corrected chi connectivity index (χ0v) is 13.2. The molecular weight excluding hydrogens is 292 g/mol. The Bertz CT molecular complexity index is 502. The molecule has 6 heteroatoms. The molecule has 0 spiro atoms. The molecule has 0 radical (unpaired) electrons. The molecule has 0 aromatic heterocycles. The second kappa shape index (κ2) is 7.52. The van der Waals surface area contributed by atoms with Crippen LogP contribution >= 0.6 is 11.6 Å². The summed E-state index contributed by atoms with van der Waals surface area (Å²) < 4.78 is 10.5. The number of hydrogen-bond donors (Lipinski definition) is 1. The van der Waals surface area contributed by atoms with Crippen molar-refractivity contribution in [1.29, 1.82) is 0 Å². The van der Waals surface area contributed by atoms with Crippen LogP contribution < -0.4 is 14.8 Å². The third-order valence-corrected chi connectivity index (χ3v) is 3.93. The van der Waals surface area contributed by atoms with E-state index < -0.39 is 0 Å². The van der Waals surface area contributed by atoms with Gasteiger partial charge in [-0.25, -0.2) is 0 Å². The Morgan fingerprint density at radius 2 is 1.90 bits per heavy atom. The fourth-order valence-electron chi connectivity index (χ4n) is 2.43. The van der Waals surface area contributed by atoms with Gasteiger partial charge in [0.25, 0.3) is 0 Å².